The minimum atomic E-state index is 0.878. The van der Waals surface area contributed by atoms with Crippen LogP contribution in [0.2, 0.25) is 0 Å². The first-order valence-corrected chi connectivity index (χ1v) is 7.30. The summed E-state index contributed by atoms with van der Waals surface area (Å²) in [5.74, 6) is 0.878. The molecule has 0 heterocycles. The molecule has 1 N–H and O–H groups in total. The Morgan fingerprint density at radius 3 is 2.58 bits per heavy atom. The van der Waals surface area contributed by atoms with Gasteiger partial charge in [-0.1, -0.05) is 12.1 Å². The quantitative estimate of drug-likeness (QED) is 0.692. The molecule has 0 amide bonds. The van der Waals surface area contributed by atoms with Gasteiger partial charge in [0.2, 0.25) is 0 Å². The van der Waals surface area contributed by atoms with Gasteiger partial charge in [-0.2, -0.15) is 0 Å². The van der Waals surface area contributed by atoms with Gasteiger partial charge in [0.15, 0.2) is 0 Å². The highest BCUT2D eigenvalue weighted by molar-refractivity contribution is 5.45. The highest BCUT2D eigenvalue weighted by Crippen LogP contribution is 2.28. The van der Waals surface area contributed by atoms with Crippen molar-refractivity contribution in [3.8, 4) is 0 Å². The number of hydrogen-bond acceptors (Lipinski definition) is 3. The van der Waals surface area contributed by atoms with Crippen LogP contribution in [0.15, 0.2) is 24.3 Å². The first-order valence-electron chi connectivity index (χ1n) is 7.30. The molecule has 1 aromatic rings. The van der Waals surface area contributed by atoms with Crippen LogP contribution in [0.4, 0.5) is 5.69 Å². The number of nitrogens with zero attached hydrogens (tertiary/aromatic N) is 1. The van der Waals surface area contributed by atoms with Crippen molar-refractivity contribution >= 4 is 5.69 Å². The van der Waals surface area contributed by atoms with Crippen molar-refractivity contribution < 1.29 is 4.74 Å². The highest BCUT2D eigenvalue weighted by Gasteiger charge is 2.20. The molecule has 19 heavy (non-hydrogen) atoms. The predicted octanol–water partition coefficient (Wildman–Crippen LogP) is 2.66. The largest absolute Gasteiger partial charge is 0.381 e. The van der Waals surface area contributed by atoms with Crippen LogP contribution in [0.25, 0.3) is 0 Å². The first kappa shape index (κ1) is 14.4. The van der Waals surface area contributed by atoms with Crippen LogP contribution in [0, 0.1) is 5.92 Å². The summed E-state index contributed by atoms with van der Waals surface area (Å²) in [6, 6.07) is 8.70. The fourth-order valence-corrected chi connectivity index (χ4v) is 1.98. The van der Waals surface area contributed by atoms with E-state index in [2.05, 4.69) is 48.6 Å². The minimum Gasteiger partial charge on any atom is -0.381 e. The Kier molecular flexibility index (Phi) is 5.67. The number of hydrogen-bond donors (Lipinski definition) is 1. The van der Waals surface area contributed by atoms with Gasteiger partial charge in [0.25, 0.3) is 0 Å². The van der Waals surface area contributed by atoms with E-state index in [0.29, 0.717) is 0 Å². The molecule has 0 aromatic heterocycles. The van der Waals surface area contributed by atoms with Gasteiger partial charge < -0.3 is 15.0 Å². The Balaban J connectivity index is 1.52. The summed E-state index contributed by atoms with van der Waals surface area (Å²) in [5.41, 5.74) is 2.58. The van der Waals surface area contributed by atoms with Gasteiger partial charge in [-0.3, -0.25) is 0 Å². The lowest BCUT2D eigenvalue weighted by atomic mass is 10.2. The average Bonchev–Trinajstić information content (AvgIpc) is 3.22. The van der Waals surface area contributed by atoms with Crippen LogP contribution in [0.3, 0.4) is 0 Å². The molecule has 0 radical (unpaired) electrons. The summed E-state index contributed by atoms with van der Waals surface area (Å²) in [7, 11) is 4.13. The van der Waals surface area contributed by atoms with Gasteiger partial charge in [-0.25, -0.2) is 0 Å². The fraction of sp³-hybridized carbons (Fsp3) is 0.625. The molecule has 1 aromatic carbocycles. The average molecular weight is 262 g/mol. The Morgan fingerprint density at radius 2 is 1.95 bits per heavy atom. The SMILES string of the molecule is CN(C)c1ccc(CNCCCOCC2CC2)cc1. The van der Waals surface area contributed by atoms with Crippen molar-refractivity contribution in [1.82, 2.24) is 5.32 Å². The van der Waals surface area contributed by atoms with Gasteiger partial charge in [-0.15, -0.1) is 0 Å². The molecule has 1 aliphatic carbocycles. The highest BCUT2D eigenvalue weighted by atomic mass is 16.5. The third kappa shape index (κ3) is 5.62. The van der Waals surface area contributed by atoms with E-state index in [1.165, 1.54) is 24.1 Å². The molecule has 1 saturated carbocycles. The minimum absolute atomic E-state index is 0.878. The van der Waals surface area contributed by atoms with E-state index in [9.17, 15) is 0 Å². The van der Waals surface area contributed by atoms with Crippen LogP contribution in [-0.2, 0) is 11.3 Å². The van der Waals surface area contributed by atoms with Gasteiger partial charge in [0.1, 0.15) is 0 Å². The molecule has 1 fully saturated rings. The first-order chi connectivity index (χ1) is 9.25. The number of rotatable bonds is 9. The lowest BCUT2D eigenvalue weighted by molar-refractivity contribution is 0.122. The number of anilines is 1. The molecule has 106 valence electrons. The zero-order valence-electron chi connectivity index (χ0n) is 12.2. The van der Waals surface area contributed by atoms with Crippen LogP contribution in [0.1, 0.15) is 24.8 Å². The molecule has 0 aliphatic heterocycles. The molecule has 0 atom stereocenters. The Bertz CT molecular complexity index is 358. The summed E-state index contributed by atoms with van der Waals surface area (Å²) in [5, 5.41) is 3.46. The van der Waals surface area contributed by atoms with Crippen molar-refractivity contribution in [2.75, 3.05) is 38.8 Å². The Hall–Kier alpha value is -1.06. The van der Waals surface area contributed by atoms with E-state index in [1.54, 1.807) is 0 Å². The second-order valence-corrected chi connectivity index (χ2v) is 5.61. The van der Waals surface area contributed by atoms with E-state index in [-0.39, 0.29) is 0 Å². The van der Waals surface area contributed by atoms with Crippen molar-refractivity contribution in [3.63, 3.8) is 0 Å². The van der Waals surface area contributed by atoms with Gasteiger partial charge in [0.05, 0.1) is 0 Å². The van der Waals surface area contributed by atoms with Crippen LogP contribution < -0.4 is 10.2 Å². The second kappa shape index (κ2) is 7.51. The predicted molar refractivity (Wildman–Crippen MR) is 80.6 cm³/mol. The summed E-state index contributed by atoms with van der Waals surface area (Å²) in [4.78, 5) is 2.12. The number of ether oxygens (including phenoxy) is 1. The molecule has 0 bridgehead atoms. The maximum atomic E-state index is 5.61. The Labute approximate surface area is 116 Å². The zero-order chi connectivity index (χ0) is 13.5. The van der Waals surface area contributed by atoms with E-state index in [4.69, 9.17) is 4.74 Å². The molecule has 0 unspecified atom stereocenters. The standard InChI is InChI=1S/C16H26N2O/c1-18(2)16-8-6-14(7-9-16)12-17-10-3-11-19-13-15-4-5-15/h6-9,15,17H,3-5,10-13H2,1-2H3. The van der Waals surface area contributed by atoms with E-state index >= 15 is 0 Å². The van der Waals surface area contributed by atoms with Gasteiger partial charge in [-0.05, 0) is 49.4 Å². The molecular formula is C16H26N2O. The molecule has 0 spiro atoms. The topological polar surface area (TPSA) is 24.5 Å². The zero-order valence-corrected chi connectivity index (χ0v) is 12.2. The lowest BCUT2D eigenvalue weighted by Gasteiger charge is -2.13. The molecule has 3 heteroatoms. The molecular weight excluding hydrogens is 236 g/mol. The van der Waals surface area contributed by atoms with Gasteiger partial charge in [0, 0.05) is 39.5 Å². The molecule has 2 rings (SSSR count). The Morgan fingerprint density at radius 1 is 1.21 bits per heavy atom. The van der Waals surface area contributed by atoms with Crippen molar-refractivity contribution in [1.29, 1.82) is 0 Å². The maximum absolute atomic E-state index is 5.61. The van der Waals surface area contributed by atoms with Crippen LogP contribution in [0.5, 0.6) is 0 Å². The summed E-state index contributed by atoms with van der Waals surface area (Å²) in [6.45, 7) is 3.84. The lowest BCUT2D eigenvalue weighted by Crippen LogP contribution is -2.16. The maximum Gasteiger partial charge on any atom is 0.0494 e. The van der Waals surface area contributed by atoms with Crippen LogP contribution in [-0.4, -0.2) is 33.9 Å². The van der Waals surface area contributed by atoms with Crippen molar-refractivity contribution in [3.05, 3.63) is 29.8 Å². The normalized spacial score (nSPS) is 14.6. The summed E-state index contributed by atoms with van der Waals surface area (Å²) >= 11 is 0. The smallest absolute Gasteiger partial charge is 0.0494 e. The monoisotopic (exact) mass is 262 g/mol. The third-order valence-electron chi connectivity index (χ3n) is 3.47. The van der Waals surface area contributed by atoms with Crippen LogP contribution >= 0.6 is 0 Å². The second-order valence-electron chi connectivity index (χ2n) is 5.61. The number of benzene rings is 1. The molecule has 1 aliphatic rings. The summed E-state index contributed by atoms with van der Waals surface area (Å²) < 4.78 is 5.61. The fourth-order valence-electron chi connectivity index (χ4n) is 1.98. The third-order valence-corrected chi connectivity index (χ3v) is 3.47. The van der Waals surface area contributed by atoms with E-state index in [0.717, 1.165) is 38.6 Å². The van der Waals surface area contributed by atoms with Gasteiger partial charge >= 0.3 is 0 Å². The van der Waals surface area contributed by atoms with Crippen molar-refractivity contribution in [2.24, 2.45) is 5.92 Å². The number of nitrogens with one attached hydrogen (secondary N) is 1. The molecule has 3 nitrogen and oxygen atoms in total. The summed E-state index contributed by atoms with van der Waals surface area (Å²) in [6.07, 6.45) is 3.85. The molecule has 0 saturated heterocycles. The van der Waals surface area contributed by atoms with E-state index in [1.807, 2.05) is 0 Å². The van der Waals surface area contributed by atoms with E-state index < -0.39 is 0 Å². The van der Waals surface area contributed by atoms with Crippen molar-refractivity contribution in [2.45, 2.75) is 25.8 Å².